The van der Waals surface area contributed by atoms with Crippen molar-refractivity contribution in [3.63, 3.8) is 0 Å². The molecule has 0 saturated carbocycles. The van der Waals surface area contributed by atoms with Crippen molar-refractivity contribution in [1.29, 1.82) is 0 Å². The van der Waals surface area contributed by atoms with Crippen molar-refractivity contribution in [1.82, 2.24) is 4.90 Å². The van der Waals surface area contributed by atoms with E-state index in [4.69, 9.17) is 37.9 Å². The van der Waals surface area contributed by atoms with Crippen LogP contribution in [0.5, 0.6) is 0 Å². The van der Waals surface area contributed by atoms with E-state index in [0.29, 0.717) is 19.3 Å². The lowest BCUT2D eigenvalue weighted by molar-refractivity contribution is -0.344. The lowest BCUT2D eigenvalue weighted by Crippen LogP contribution is -2.61. The first-order valence-corrected chi connectivity index (χ1v) is 18.7. The summed E-state index contributed by atoms with van der Waals surface area (Å²) in [5, 5.41) is 34.4. The molecular weight excluding hydrogens is 650 g/mol. The molecule has 50 heavy (non-hydrogen) atoms. The molecule has 5 aliphatic heterocycles. The predicted molar refractivity (Wildman–Crippen MR) is 182 cm³/mol. The zero-order chi connectivity index (χ0) is 37.3. The number of fused-ring (bicyclic) bond motifs is 2. The fourth-order valence-electron chi connectivity index (χ4n) is 9.81. The third-order valence-corrected chi connectivity index (χ3v) is 12.9. The van der Waals surface area contributed by atoms with Crippen LogP contribution in [0.4, 0.5) is 0 Å². The first kappa shape index (κ1) is 40.2. The molecule has 290 valence electrons. The molecule has 13 nitrogen and oxygen atoms in total. The summed E-state index contributed by atoms with van der Waals surface area (Å²) < 4.78 is 52.3. The molecule has 5 rings (SSSR count). The van der Waals surface area contributed by atoms with Crippen molar-refractivity contribution in [2.45, 2.75) is 185 Å². The number of ether oxygens (including phenoxy) is 8. The zero-order valence-corrected chi connectivity index (χ0v) is 32.5. The molecule has 3 N–H and O–H groups in total. The van der Waals surface area contributed by atoms with Gasteiger partial charge in [0.05, 0.1) is 47.6 Å². The summed E-state index contributed by atoms with van der Waals surface area (Å²) in [6.45, 7) is 18.9. The van der Waals surface area contributed by atoms with Crippen LogP contribution in [0.15, 0.2) is 0 Å². The minimum Gasteiger partial charge on any atom is -0.459 e. The topological polar surface area (TPSA) is 155 Å². The van der Waals surface area contributed by atoms with Crippen molar-refractivity contribution >= 4 is 5.97 Å². The van der Waals surface area contributed by atoms with Gasteiger partial charge in [-0.3, -0.25) is 4.79 Å². The van der Waals surface area contributed by atoms with Gasteiger partial charge in [-0.1, -0.05) is 27.7 Å². The van der Waals surface area contributed by atoms with Crippen LogP contribution in [0.3, 0.4) is 0 Å². The van der Waals surface area contributed by atoms with Crippen molar-refractivity contribution in [3.8, 4) is 0 Å². The Morgan fingerprint density at radius 1 is 0.920 bits per heavy atom. The third kappa shape index (κ3) is 6.69. The average molecular weight is 716 g/mol. The first-order chi connectivity index (χ1) is 23.2. The molecule has 5 aliphatic rings. The fraction of sp³-hybridized carbons (Fsp3) is 0.973. The Morgan fingerprint density at radius 2 is 1.58 bits per heavy atom. The van der Waals surface area contributed by atoms with Crippen LogP contribution in [-0.2, 0) is 42.7 Å². The van der Waals surface area contributed by atoms with Gasteiger partial charge in [-0.2, -0.15) is 0 Å². The third-order valence-electron chi connectivity index (χ3n) is 12.9. The van der Waals surface area contributed by atoms with E-state index >= 15 is 0 Å². The Hall–Kier alpha value is -0.970. The monoisotopic (exact) mass is 715 g/mol. The molecule has 5 saturated heterocycles. The highest BCUT2D eigenvalue weighted by atomic mass is 16.8. The highest BCUT2D eigenvalue weighted by Crippen LogP contribution is 2.59. The maximum absolute atomic E-state index is 14.2. The van der Waals surface area contributed by atoms with Gasteiger partial charge in [-0.05, 0) is 74.9 Å². The Morgan fingerprint density at radius 3 is 2.18 bits per heavy atom. The van der Waals surface area contributed by atoms with Crippen LogP contribution >= 0.6 is 0 Å². The second kappa shape index (κ2) is 14.4. The molecule has 13 heteroatoms. The molecule has 5 heterocycles. The SMILES string of the molecule is CC[C@H]1OC(=O)[C@H](C)[C@@H](O[C@H]2C[C@](C)(OC)[C@@H](O)C(C)O2)[C@H](C)[C@@H](O[C@@H]2OC(C)C[C@@H](N(C)C)C2O)[C@@]2(C)C[C@@H](C)[C@@]3(O[C@@]1(C)[C@H](O)[C@H]3C)O2. The number of carbonyl (C=O) groups is 1. The van der Waals surface area contributed by atoms with Gasteiger partial charge in [0.25, 0.3) is 0 Å². The van der Waals surface area contributed by atoms with Gasteiger partial charge in [0.15, 0.2) is 18.4 Å². The van der Waals surface area contributed by atoms with Crippen LogP contribution in [0, 0.1) is 23.7 Å². The van der Waals surface area contributed by atoms with Crippen molar-refractivity contribution in [2.24, 2.45) is 23.7 Å². The second-order valence-electron chi connectivity index (χ2n) is 16.9. The number of likely N-dealkylation sites (N-methyl/N-ethyl adjacent to an activating group) is 1. The number of hydrogen-bond acceptors (Lipinski definition) is 13. The van der Waals surface area contributed by atoms with Gasteiger partial charge in [-0.25, -0.2) is 0 Å². The molecule has 5 fully saturated rings. The summed E-state index contributed by atoms with van der Waals surface area (Å²) in [5.41, 5.74) is -3.25. The molecular formula is C37H65NO12. The van der Waals surface area contributed by atoms with E-state index in [-0.39, 0.29) is 24.5 Å². The van der Waals surface area contributed by atoms with E-state index in [1.807, 2.05) is 60.5 Å². The quantitative estimate of drug-likeness (QED) is 0.331. The normalized spacial score (nSPS) is 54.7. The van der Waals surface area contributed by atoms with E-state index in [2.05, 4.69) is 6.92 Å². The summed E-state index contributed by atoms with van der Waals surface area (Å²) >= 11 is 0. The van der Waals surface area contributed by atoms with Gasteiger partial charge in [0.1, 0.15) is 23.9 Å². The molecule has 0 amide bonds. The van der Waals surface area contributed by atoms with Crippen LogP contribution in [0.25, 0.3) is 0 Å². The lowest BCUT2D eigenvalue weighted by atomic mass is 9.77. The van der Waals surface area contributed by atoms with E-state index in [0.717, 1.165) is 0 Å². The maximum Gasteiger partial charge on any atom is 0.311 e. The van der Waals surface area contributed by atoms with E-state index in [1.165, 1.54) is 0 Å². The van der Waals surface area contributed by atoms with Crippen molar-refractivity contribution < 1.29 is 58.0 Å². The molecule has 3 unspecified atom stereocenters. The van der Waals surface area contributed by atoms with Gasteiger partial charge in [0.2, 0.25) is 0 Å². The molecule has 0 aromatic carbocycles. The van der Waals surface area contributed by atoms with Crippen molar-refractivity contribution in [3.05, 3.63) is 0 Å². The predicted octanol–water partition coefficient (Wildman–Crippen LogP) is 2.99. The van der Waals surface area contributed by atoms with Crippen LogP contribution in [-0.4, -0.2) is 137 Å². The molecule has 0 aromatic heterocycles. The standard InChI is InChI=1S/C37H65NO12/c1-14-25-36(10)29(40)22(6)37(50-36)18(2)16-35(9,49-37)31(48-33-27(39)24(38(11)12)15-19(3)44-33)20(4)28(21(5)32(42)46-25)47-26-17-34(8,43-13)30(41)23(7)45-26/h18-31,33,39-41H,14-17H2,1-13H3/t18-,19?,20+,21-,22-,23?,24-,25-,26+,27?,28+,29-,30+,31-,33+,34+,35-,36-,37+/m1/s1. The Balaban J connectivity index is 1.62. The summed E-state index contributed by atoms with van der Waals surface area (Å²) in [4.78, 5) is 16.2. The summed E-state index contributed by atoms with van der Waals surface area (Å²) in [5.74, 6) is -3.80. The minimum atomic E-state index is -1.25. The molecule has 19 atom stereocenters. The van der Waals surface area contributed by atoms with Crippen LogP contribution in [0.2, 0.25) is 0 Å². The molecule has 0 radical (unpaired) electrons. The second-order valence-corrected chi connectivity index (χ2v) is 16.9. The number of aliphatic hydroxyl groups excluding tert-OH is 3. The summed E-state index contributed by atoms with van der Waals surface area (Å²) in [6, 6.07) is -0.218. The van der Waals surface area contributed by atoms with Gasteiger partial charge in [-0.15, -0.1) is 0 Å². The molecule has 0 aromatic rings. The van der Waals surface area contributed by atoms with Crippen molar-refractivity contribution in [2.75, 3.05) is 21.2 Å². The largest absolute Gasteiger partial charge is 0.459 e. The lowest BCUT2D eigenvalue weighted by Gasteiger charge is -2.49. The number of nitrogens with zero attached hydrogens (tertiary/aromatic N) is 1. The molecule has 1 spiro atoms. The summed E-state index contributed by atoms with van der Waals surface area (Å²) in [6.07, 6.45) is -6.22. The van der Waals surface area contributed by atoms with Gasteiger partial charge < -0.3 is 58.1 Å². The number of hydrogen-bond donors (Lipinski definition) is 3. The molecule has 3 bridgehead atoms. The Kier molecular flexibility index (Phi) is 11.5. The number of methoxy groups -OCH3 is 1. The Labute approximate surface area is 298 Å². The average Bonchev–Trinajstić information content (AvgIpc) is 3.42. The van der Waals surface area contributed by atoms with E-state index in [1.54, 1.807) is 27.9 Å². The number of cyclic esters (lactones) is 1. The van der Waals surface area contributed by atoms with Gasteiger partial charge in [0, 0.05) is 37.3 Å². The number of rotatable bonds is 7. The van der Waals surface area contributed by atoms with Gasteiger partial charge >= 0.3 is 5.97 Å². The highest BCUT2D eigenvalue weighted by Gasteiger charge is 2.71. The minimum absolute atomic E-state index is 0.194. The van der Waals surface area contributed by atoms with Crippen LogP contribution < -0.4 is 0 Å². The van der Waals surface area contributed by atoms with Crippen LogP contribution in [0.1, 0.15) is 94.9 Å². The van der Waals surface area contributed by atoms with E-state index < -0.39 is 102 Å². The zero-order valence-electron chi connectivity index (χ0n) is 32.5. The molecule has 0 aliphatic carbocycles. The van der Waals surface area contributed by atoms with E-state index in [9.17, 15) is 20.1 Å². The smallest absolute Gasteiger partial charge is 0.311 e. The number of aliphatic hydroxyl groups is 3. The number of carbonyl (C=O) groups excluding carboxylic acids is 1. The first-order valence-electron chi connectivity index (χ1n) is 18.7. The maximum atomic E-state index is 14.2. The highest BCUT2D eigenvalue weighted by molar-refractivity contribution is 5.73. The summed E-state index contributed by atoms with van der Waals surface area (Å²) in [7, 11) is 5.39. The fourth-order valence-corrected chi connectivity index (χ4v) is 9.81. The Bertz CT molecular complexity index is 1210. The number of esters is 1.